The third kappa shape index (κ3) is 5.48. The van der Waals surface area contributed by atoms with Crippen molar-refractivity contribution in [3.63, 3.8) is 0 Å². The van der Waals surface area contributed by atoms with Crippen LogP contribution in [-0.4, -0.2) is 66.2 Å². The summed E-state index contributed by atoms with van der Waals surface area (Å²) in [5.41, 5.74) is 3.04. The van der Waals surface area contributed by atoms with Gasteiger partial charge in [-0.1, -0.05) is 18.6 Å². The van der Waals surface area contributed by atoms with Crippen LogP contribution in [0.4, 0.5) is 0 Å². The molecule has 0 N–H and O–H groups in total. The highest BCUT2D eigenvalue weighted by Crippen LogP contribution is 2.27. The third-order valence-corrected chi connectivity index (χ3v) is 6.75. The molecule has 1 aromatic heterocycles. The fourth-order valence-electron chi connectivity index (χ4n) is 4.92. The Labute approximate surface area is 191 Å². The zero-order chi connectivity index (χ0) is 22.3. The Morgan fingerprint density at radius 1 is 1.09 bits per heavy atom. The first-order chi connectivity index (χ1) is 15.7. The first kappa shape index (κ1) is 22.7. The number of carbonyl (C=O) groups excluding carboxylic acids is 1. The molecule has 1 amide bonds. The number of pyridine rings is 1. The summed E-state index contributed by atoms with van der Waals surface area (Å²) in [6, 6.07) is 11.9. The number of carbonyl (C=O) groups is 1. The average molecular weight is 438 g/mol. The van der Waals surface area contributed by atoms with E-state index in [4.69, 9.17) is 9.47 Å². The van der Waals surface area contributed by atoms with Gasteiger partial charge in [-0.15, -0.1) is 0 Å². The van der Waals surface area contributed by atoms with Gasteiger partial charge in [-0.3, -0.25) is 14.7 Å². The first-order valence-electron chi connectivity index (χ1n) is 11.8. The van der Waals surface area contributed by atoms with Gasteiger partial charge in [0, 0.05) is 38.5 Å². The molecule has 1 aromatic carbocycles. The lowest BCUT2D eigenvalue weighted by molar-refractivity contribution is -0.0156. The van der Waals surface area contributed by atoms with Crippen molar-refractivity contribution >= 4 is 5.91 Å². The van der Waals surface area contributed by atoms with Gasteiger partial charge >= 0.3 is 0 Å². The second-order valence-electron chi connectivity index (χ2n) is 8.90. The summed E-state index contributed by atoms with van der Waals surface area (Å²) < 4.78 is 11.9. The molecule has 2 aliphatic heterocycles. The second kappa shape index (κ2) is 10.9. The molecule has 0 unspecified atom stereocenters. The van der Waals surface area contributed by atoms with Crippen LogP contribution in [0.1, 0.15) is 53.7 Å². The van der Waals surface area contributed by atoms with Crippen LogP contribution in [0.3, 0.4) is 0 Å². The molecule has 4 rings (SSSR count). The van der Waals surface area contributed by atoms with E-state index in [1.807, 2.05) is 41.4 Å². The first-order valence-corrected chi connectivity index (χ1v) is 11.8. The SMILES string of the molecule is CO[C@@H]1CCCN2C(=O)c3cccc(c3)OCCN(Cc3ncccc3C)CCCC[C@H]12. The largest absolute Gasteiger partial charge is 0.492 e. The highest BCUT2D eigenvalue weighted by Gasteiger charge is 2.34. The summed E-state index contributed by atoms with van der Waals surface area (Å²) in [5.74, 6) is 0.838. The van der Waals surface area contributed by atoms with Crippen molar-refractivity contribution in [2.75, 3.05) is 33.4 Å². The number of ether oxygens (including phenoxy) is 2. The number of methoxy groups -OCH3 is 1. The van der Waals surface area contributed by atoms with Crippen molar-refractivity contribution in [2.45, 2.75) is 57.7 Å². The lowest BCUT2D eigenvalue weighted by Crippen LogP contribution is -2.51. The zero-order valence-electron chi connectivity index (χ0n) is 19.3. The fourth-order valence-corrected chi connectivity index (χ4v) is 4.92. The van der Waals surface area contributed by atoms with Crippen LogP contribution >= 0.6 is 0 Å². The summed E-state index contributed by atoms with van der Waals surface area (Å²) in [6.45, 7) is 6.13. The molecule has 32 heavy (non-hydrogen) atoms. The molecule has 3 heterocycles. The molecule has 1 saturated heterocycles. The van der Waals surface area contributed by atoms with E-state index in [1.54, 1.807) is 7.11 Å². The van der Waals surface area contributed by atoms with Crippen molar-refractivity contribution in [2.24, 2.45) is 0 Å². The number of nitrogens with zero attached hydrogens (tertiary/aromatic N) is 3. The van der Waals surface area contributed by atoms with Crippen molar-refractivity contribution in [3.05, 3.63) is 59.4 Å². The minimum atomic E-state index is 0.0894. The van der Waals surface area contributed by atoms with Gasteiger partial charge in [0.1, 0.15) is 12.4 Å². The van der Waals surface area contributed by atoms with E-state index in [0.29, 0.717) is 12.2 Å². The molecular weight excluding hydrogens is 402 g/mol. The molecule has 2 bridgehead atoms. The van der Waals surface area contributed by atoms with E-state index in [0.717, 1.165) is 69.7 Å². The lowest BCUT2D eigenvalue weighted by Gasteiger charge is -2.41. The maximum Gasteiger partial charge on any atom is 0.254 e. The average Bonchev–Trinajstić information content (AvgIpc) is 2.82. The molecular formula is C26H35N3O3. The maximum absolute atomic E-state index is 13.4. The van der Waals surface area contributed by atoms with Crippen molar-refractivity contribution in [1.29, 1.82) is 0 Å². The van der Waals surface area contributed by atoms with E-state index >= 15 is 0 Å². The number of fused-ring (bicyclic) bond motifs is 3. The Kier molecular flexibility index (Phi) is 7.76. The van der Waals surface area contributed by atoms with Gasteiger partial charge in [0.05, 0.1) is 17.8 Å². The Hall–Kier alpha value is -2.44. The van der Waals surface area contributed by atoms with Gasteiger partial charge in [0.15, 0.2) is 0 Å². The second-order valence-corrected chi connectivity index (χ2v) is 8.90. The minimum Gasteiger partial charge on any atom is -0.492 e. The van der Waals surface area contributed by atoms with E-state index in [-0.39, 0.29) is 18.1 Å². The van der Waals surface area contributed by atoms with Gasteiger partial charge in [-0.05, 0) is 69.0 Å². The number of aryl methyl sites for hydroxylation is 1. The molecule has 6 nitrogen and oxygen atoms in total. The standard InChI is InChI=1S/C26H35N3O3/c1-20-8-6-13-27-23(20)19-28-14-4-3-11-24-25(31-2)12-7-15-29(24)26(30)21-9-5-10-22(18-21)32-17-16-28/h5-6,8-10,13,18,24-25H,3-4,7,11-12,14-17,19H2,1-2H3/t24-,25-/m1/s1. The van der Waals surface area contributed by atoms with E-state index in [2.05, 4.69) is 22.9 Å². The van der Waals surface area contributed by atoms with Crippen LogP contribution in [0.5, 0.6) is 5.75 Å². The van der Waals surface area contributed by atoms with Crippen LogP contribution in [0.15, 0.2) is 42.6 Å². The van der Waals surface area contributed by atoms with Crippen LogP contribution in [0, 0.1) is 6.92 Å². The van der Waals surface area contributed by atoms with E-state index < -0.39 is 0 Å². The maximum atomic E-state index is 13.4. The number of amides is 1. The smallest absolute Gasteiger partial charge is 0.254 e. The molecule has 0 saturated carbocycles. The number of piperidine rings is 1. The normalized spacial score (nSPS) is 23.2. The summed E-state index contributed by atoms with van der Waals surface area (Å²) >= 11 is 0. The molecule has 172 valence electrons. The molecule has 2 aliphatic rings. The molecule has 0 aliphatic carbocycles. The Morgan fingerprint density at radius 2 is 2.00 bits per heavy atom. The van der Waals surface area contributed by atoms with Crippen molar-refractivity contribution < 1.29 is 14.3 Å². The molecule has 0 radical (unpaired) electrons. The van der Waals surface area contributed by atoms with Crippen molar-refractivity contribution in [3.8, 4) is 5.75 Å². The minimum absolute atomic E-state index is 0.0894. The van der Waals surface area contributed by atoms with Crippen molar-refractivity contribution in [1.82, 2.24) is 14.8 Å². The third-order valence-electron chi connectivity index (χ3n) is 6.75. The Bertz CT molecular complexity index is 903. The topological polar surface area (TPSA) is 54.9 Å². The van der Waals surface area contributed by atoms with Gasteiger partial charge in [0.2, 0.25) is 0 Å². The lowest BCUT2D eigenvalue weighted by atomic mass is 9.93. The highest BCUT2D eigenvalue weighted by atomic mass is 16.5. The van der Waals surface area contributed by atoms with E-state index in [1.165, 1.54) is 5.56 Å². The fraction of sp³-hybridized carbons (Fsp3) is 0.538. The van der Waals surface area contributed by atoms with Gasteiger partial charge in [0.25, 0.3) is 5.91 Å². The Morgan fingerprint density at radius 3 is 2.84 bits per heavy atom. The quantitative estimate of drug-likeness (QED) is 0.724. The summed E-state index contributed by atoms with van der Waals surface area (Å²) in [5, 5.41) is 0. The van der Waals surface area contributed by atoms with Crippen LogP contribution < -0.4 is 4.74 Å². The number of rotatable bonds is 3. The number of hydrogen-bond acceptors (Lipinski definition) is 5. The van der Waals surface area contributed by atoms with Gasteiger partial charge < -0.3 is 14.4 Å². The predicted octanol–water partition coefficient (Wildman–Crippen LogP) is 4.07. The molecule has 0 spiro atoms. The monoisotopic (exact) mass is 437 g/mol. The zero-order valence-corrected chi connectivity index (χ0v) is 19.3. The molecule has 2 aromatic rings. The number of aromatic nitrogens is 1. The summed E-state index contributed by atoms with van der Waals surface area (Å²) in [4.78, 5) is 22.4. The van der Waals surface area contributed by atoms with Crippen LogP contribution in [0.2, 0.25) is 0 Å². The van der Waals surface area contributed by atoms with E-state index in [9.17, 15) is 4.79 Å². The number of hydrogen-bond donors (Lipinski definition) is 0. The van der Waals surface area contributed by atoms with Crippen LogP contribution in [0.25, 0.3) is 0 Å². The Balaban J connectivity index is 1.54. The van der Waals surface area contributed by atoms with Gasteiger partial charge in [-0.2, -0.15) is 0 Å². The summed E-state index contributed by atoms with van der Waals surface area (Å²) in [7, 11) is 1.77. The molecule has 1 fully saturated rings. The highest BCUT2D eigenvalue weighted by molar-refractivity contribution is 5.95. The summed E-state index contributed by atoms with van der Waals surface area (Å²) in [6.07, 6.45) is 7.07. The number of benzene rings is 1. The van der Waals surface area contributed by atoms with Gasteiger partial charge in [-0.25, -0.2) is 0 Å². The van der Waals surface area contributed by atoms with Crippen LogP contribution in [-0.2, 0) is 11.3 Å². The molecule has 6 heteroatoms. The predicted molar refractivity (Wildman–Crippen MR) is 125 cm³/mol. The molecule has 2 atom stereocenters.